The van der Waals surface area contributed by atoms with Crippen molar-refractivity contribution in [1.29, 1.82) is 0 Å². The van der Waals surface area contributed by atoms with Crippen LogP contribution in [0.4, 0.5) is 13.2 Å². The molecule has 0 bridgehead atoms. The summed E-state index contributed by atoms with van der Waals surface area (Å²) in [5.74, 6) is 0. The summed E-state index contributed by atoms with van der Waals surface area (Å²) in [5.41, 5.74) is 0. The van der Waals surface area contributed by atoms with Crippen LogP contribution in [0.1, 0.15) is 0 Å². The topological polar surface area (TPSA) is 9.23 Å². The number of hydrogen-bond donors (Lipinski definition) is 0. The lowest BCUT2D eigenvalue weighted by Crippen LogP contribution is -2.00. The van der Waals surface area contributed by atoms with Gasteiger partial charge in [-0.2, -0.15) is 13.2 Å². The van der Waals surface area contributed by atoms with Crippen LogP contribution in [-0.4, -0.2) is 12.8 Å². The van der Waals surface area contributed by atoms with E-state index in [-0.39, 0.29) is 12.7 Å². The highest BCUT2D eigenvalue weighted by molar-refractivity contribution is 4.83. The van der Waals surface area contributed by atoms with Gasteiger partial charge in [-0.25, -0.2) is 0 Å². The van der Waals surface area contributed by atoms with E-state index in [4.69, 9.17) is 0 Å². The number of hydrogen-bond acceptors (Lipinski definition) is 1. The molecule has 0 atom stereocenters. The normalized spacial score (nSPS) is 11.9. The molecule has 0 aromatic heterocycles. The van der Waals surface area contributed by atoms with Gasteiger partial charge in [-0.1, -0.05) is 12.7 Å². The van der Waals surface area contributed by atoms with E-state index in [0.717, 1.165) is 0 Å². The van der Waals surface area contributed by atoms with E-state index in [2.05, 4.69) is 11.3 Å². The van der Waals surface area contributed by atoms with Gasteiger partial charge in [0.25, 0.3) is 0 Å². The molecule has 0 N–H and O–H groups in total. The fourth-order valence-corrected chi connectivity index (χ4v) is 0.249. The molecular formula is C6H7F3O. The highest BCUT2D eigenvalue weighted by Gasteiger charge is 2.21. The van der Waals surface area contributed by atoms with Crippen molar-refractivity contribution in [3.8, 4) is 0 Å². The van der Waals surface area contributed by atoms with Gasteiger partial charge < -0.3 is 4.74 Å². The smallest absolute Gasteiger partial charge is 0.412 e. The van der Waals surface area contributed by atoms with E-state index >= 15 is 0 Å². The van der Waals surface area contributed by atoms with Crippen LogP contribution in [0.5, 0.6) is 0 Å². The van der Waals surface area contributed by atoms with Gasteiger partial charge in [0.05, 0.1) is 12.3 Å². The standard InChI is InChI=1S/C6H7F3O/c1-2-4-10-5-3-6(7,8)9/h2-3,5H,1,4H2. The van der Waals surface area contributed by atoms with Crippen molar-refractivity contribution in [3.63, 3.8) is 0 Å². The number of rotatable bonds is 3. The van der Waals surface area contributed by atoms with Crippen molar-refractivity contribution in [2.75, 3.05) is 6.61 Å². The van der Waals surface area contributed by atoms with E-state index in [1.165, 1.54) is 6.08 Å². The number of halogens is 3. The van der Waals surface area contributed by atoms with Crippen molar-refractivity contribution in [1.82, 2.24) is 0 Å². The number of ether oxygens (including phenoxy) is 1. The fourth-order valence-electron chi connectivity index (χ4n) is 0.249. The van der Waals surface area contributed by atoms with Crippen LogP contribution in [0, 0.1) is 0 Å². The molecule has 1 nitrogen and oxygen atoms in total. The Morgan fingerprint density at radius 3 is 2.40 bits per heavy atom. The molecule has 0 aliphatic carbocycles. The lowest BCUT2D eigenvalue weighted by atomic mass is 10.6. The molecule has 0 aromatic rings. The van der Waals surface area contributed by atoms with Crippen LogP contribution in [-0.2, 0) is 4.74 Å². The van der Waals surface area contributed by atoms with Crippen LogP contribution in [0.2, 0.25) is 0 Å². The zero-order chi connectivity index (χ0) is 8.04. The first-order chi connectivity index (χ1) is 4.56. The minimum atomic E-state index is -4.29. The second kappa shape index (κ2) is 3.98. The second-order valence-corrected chi connectivity index (χ2v) is 1.47. The number of alkyl halides is 3. The maximum Gasteiger partial charge on any atom is 0.412 e. The Labute approximate surface area is 56.8 Å². The molecule has 10 heavy (non-hydrogen) atoms. The van der Waals surface area contributed by atoms with Crippen LogP contribution in [0.15, 0.2) is 25.0 Å². The highest BCUT2D eigenvalue weighted by atomic mass is 19.4. The molecule has 0 heterocycles. The van der Waals surface area contributed by atoms with Gasteiger partial charge in [0.1, 0.15) is 6.61 Å². The zero-order valence-electron chi connectivity index (χ0n) is 5.19. The molecule has 4 heteroatoms. The fraction of sp³-hybridized carbons (Fsp3) is 0.333. The molecule has 0 fully saturated rings. The van der Waals surface area contributed by atoms with Gasteiger partial charge in [-0.3, -0.25) is 0 Å². The Morgan fingerprint density at radius 2 is 2.00 bits per heavy atom. The quantitative estimate of drug-likeness (QED) is 0.342. The summed E-state index contributed by atoms with van der Waals surface area (Å²) < 4.78 is 38.2. The maximum absolute atomic E-state index is 11.3. The molecule has 0 rings (SSSR count). The summed E-state index contributed by atoms with van der Waals surface area (Å²) >= 11 is 0. The molecule has 0 saturated carbocycles. The van der Waals surface area contributed by atoms with Gasteiger partial charge in [0, 0.05) is 0 Å². The molecule has 0 radical (unpaired) electrons. The van der Waals surface area contributed by atoms with E-state index in [1.807, 2.05) is 0 Å². The van der Waals surface area contributed by atoms with Crippen molar-refractivity contribution < 1.29 is 17.9 Å². The van der Waals surface area contributed by atoms with Gasteiger partial charge in [0.2, 0.25) is 0 Å². The van der Waals surface area contributed by atoms with Crippen LogP contribution < -0.4 is 0 Å². The number of allylic oxidation sites excluding steroid dienone is 1. The Balaban J connectivity index is 3.46. The third-order valence-electron chi connectivity index (χ3n) is 0.567. The summed E-state index contributed by atoms with van der Waals surface area (Å²) in [6.07, 6.45) is -2.31. The Kier molecular flexibility index (Phi) is 3.61. The van der Waals surface area contributed by atoms with Crippen LogP contribution in [0.3, 0.4) is 0 Å². The predicted octanol–water partition coefficient (Wildman–Crippen LogP) is 2.27. The molecule has 0 aliphatic rings. The van der Waals surface area contributed by atoms with E-state index in [9.17, 15) is 13.2 Å². The lowest BCUT2D eigenvalue weighted by molar-refractivity contribution is -0.0815. The van der Waals surface area contributed by atoms with Crippen molar-refractivity contribution in [3.05, 3.63) is 25.0 Å². The lowest BCUT2D eigenvalue weighted by Gasteiger charge is -1.97. The average molecular weight is 152 g/mol. The van der Waals surface area contributed by atoms with Gasteiger partial charge in [-0.05, 0) is 0 Å². The van der Waals surface area contributed by atoms with Crippen molar-refractivity contribution >= 4 is 0 Å². The summed E-state index contributed by atoms with van der Waals surface area (Å²) in [7, 11) is 0. The van der Waals surface area contributed by atoms with Crippen LogP contribution in [0.25, 0.3) is 0 Å². The molecule has 58 valence electrons. The predicted molar refractivity (Wildman–Crippen MR) is 31.3 cm³/mol. The third kappa shape index (κ3) is 7.07. The Hall–Kier alpha value is -0.930. The molecule has 0 amide bonds. The Morgan fingerprint density at radius 1 is 1.40 bits per heavy atom. The first kappa shape index (κ1) is 9.07. The molecule has 0 aromatic carbocycles. The SMILES string of the molecule is C=CCOC=CC(F)(F)F. The molecule has 0 spiro atoms. The minimum absolute atomic E-state index is 0.0243. The molecule has 0 aliphatic heterocycles. The van der Waals surface area contributed by atoms with Crippen LogP contribution >= 0.6 is 0 Å². The van der Waals surface area contributed by atoms with E-state index in [1.54, 1.807) is 0 Å². The van der Waals surface area contributed by atoms with Gasteiger partial charge in [0.15, 0.2) is 0 Å². The van der Waals surface area contributed by atoms with E-state index < -0.39 is 6.18 Å². The highest BCUT2D eigenvalue weighted by Crippen LogP contribution is 2.15. The minimum Gasteiger partial charge on any atom is -0.497 e. The first-order valence-corrected chi connectivity index (χ1v) is 2.53. The summed E-state index contributed by atoms with van der Waals surface area (Å²) in [6.45, 7) is 3.34. The second-order valence-electron chi connectivity index (χ2n) is 1.47. The Bertz CT molecular complexity index is 125. The zero-order valence-corrected chi connectivity index (χ0v) is 5.19. The monoisotopic (exact) mass is 152 g/mol. The first-order valence-electron chi connectivity index (χ1n) is 2.53. The molecule has 0 unspecified atom stereocenters. The maximum atomic E-state index is 11.3. The van der Waals surface area contributed by atoms with E-state index in [0.29, 0.717) is 6.26 Å². The average Bonchev–Trinajstić information content (AvgIpc) is 1.78. The van der Waals surface area contributed by atoms with Gasteiger partial charge >= 0.3 is 6.18 Å². The largest absolute Gasteiger partial charge is 0.497 e. The summed E-state index contributed by atoms with van der Waals surface area (Å²) in [6, 6.07) is 0. The molecule has 0 saturated heterocycles. The summed E-state index contributed by atoms with van der Waals surface area (Å²) in [4.78, 5) is 0. The molecular weight excluding hydrogens is 145 g/mol. The van der Waals surface area contributed by atoms with Crippen molar-refractivity contribution in [2.45, 2.75) is 6.18 Å². The summed E-state index contributed by atoms with van der Waals surface area (Å²) in [5, 5.41) is 0. The van der Waals surface area contributed by atoms with Gasteiger partial charge in [-0.15, -0.1) is 0 Å². The third-order valence-corrected chi connectivity index (χ3v) is 0.567. The van der Waals surface area contributed by atoms with Crippen molar-refractivity contribution in [2.24, 2.45) is 0 Å².